The van der Waals surface area contributed by atoms with E-state index in [1.807, 2.05) is 25.2 Å². The summed E-state index contributed by atoms with van der Waals surface area (Å²) < 4.78 is 0. The molecule has 0 bridgehead atoms. The van der Waals surface area contributed by atoms with Gasteiger partial charge in [-0.1, -0.05) is 36.5 Å². The SMILES string of the molecule is C=C/C=C\C=C(/C)CNC(=O)c1csc(Nc2ccncn2)n1. The number of hydrogen-bond acceptors (Lipinski definition) is 6. The molecule has 7 heteroatoms. The van der Waals surface area contributed by atoms with Crippen LogP contribution in [0.1, 0.15) is 17.4 Å². The molecule has 0 aliphatic rings. The first-order chi connectivity index (χ1) is 11.2. The highest BCUT2D eigenvalue weighted by atomic mass is 32.1. The molecule has 2 heterocycles. The van der Waals surface area contributed by atoms with Crippen LogP contribution < -0.4 is 10.6 Å². The minimum absolute atomic E-state index is 0.211. The molecule has 2 rings (SSSR count). The van der Waals surface area contributed by atoms with Gasteiger partial charge in [0.05, 0.1) is 0 Å². The summed E-state index contributed by atoms with van der Waals surface area (Å²) in [5.41, 5.74) is 1.41. The van der Waals surface area contributed by atoms with Gasteiger partial charge in [0.25, 0.3) is 5.91 Å². The summed E-state index contributed by atoms with van der Waals surface area (Å²) >= 11 is 1.34. The molecule has 0 unspecified atom stereocenters. The Labute approximate surface area is 138 Å². The van der Waals surface area contributed by atoms with Gasteiger partial charge >= 0.3 is 0 Å². The lowest BCUT2D eigenvalue weighted by molar-refractivity contribution is 0.0953. The Morgan fingerprint density at radius 2 is 2.30 bits per heavy atom. The van der Waals surface area contributed by atoms with Crippen LogP contribution in [0.5, 0.6) is 0 Å². The highest BCUT2D eigenvalue weighted by molar-refractivity contribution is 7.14. The molecule has 2 N–H and O–H groups in total. The van der Waals surface area contributed by atoms with Crippen LogP contribution in [-0.4, -0.2) is 27.4 Å². The zero-order chi connectivity index (χ0) is 16.5. The number of carbonyl (C=O) groups excluding carboxylic acids is 1. The molecule has 0 fully saturated rings. The van der Waals surface area contributed by atoms with Gasteiger partial charge < -0.3 is 10.6 Å². The lowest BCUT2D eigenvalue weighted by atomic mass is 10.2. The van der Waals surface area contributed by atoms with Crippen LogP contribution in [0.25, 0.3) is 0 Å². The minimum Gasteiger partial charge on any atom is -0.347 e. The number of allylic oxidation sites excluding steroid dienone is 4. The number of thiazole rings is 1. The van der Waals surface area contributed by atoms with Crippen LogP contribution in [0.2, 0.25) is 0 Å². The maximum atomic E-state index is 12.1. The number of anilines is 2. The zero-order valence-corrected chi connectivity index (χ0v) is 13.5. The molecule has 0 atom stereocenters. The van der Waals surface area contributed by atoms with Gasteiger partial charge in [-0.3, -0.25) is 4.79 Å². The Bertz CT molecular complexity index is 721. The quantitative estimate of drug-likeness (QED) is 0.764. The molecule has 0 saturated carbocycles. The van der Waals surface area contributed by atoms with E-state index in [0.717, 1.165) is 5.57 Å². The molecule has 2 aromatic rings. The molecule has 0 radical (unpaired) electrons. The normalized spacial score (nSPS) is 11.4. The molecule has 0 saturated heterocycles. The van der Waals surface area contributed by atoms with E-state index in [1.165, 1.54) is 17.7 Å². The van der Waals surface area contributed by atoms with Gasteiger partial charge in [-0.15, -0.1) is 11.3 Å². The fraction of sp³-hybridized carbons (Fsp3) is 0.125. The van der Waals surface area contributed by atoms with E-state index in [9.17, 15) is 4.79 Å². The number of rotatable bonds is 7. The van der Waals surface area contributed by atoms with E-state index in [0.29, 0.717) is 23.2 Å². The largest absolute Gasteiger partial charge is 0.347 e. The number of aromatic nitrogens is 3. The summed E-state index contributed by atoms with van der Waals surface area (Å²) in [7, 11) is 0. The van der Waals surface area contributed by atoms with Crippen molar-refractivity contribution in [2.45, 2.75) is 6.92 Å². The van der Waals surface area contributed by atoms with Crippen LogP contribution in [0, 0.1) is 0 Å². The highest BCUT2D eigenvalue weighted by Gasteiger charge is 2.10. The van der Waals surface area contributed by atoms with Crippen LogP contribution in [-0.2, 0) is 0 Å². The van der Waals surface area contributed by atoms with Crippen molar-refractivity contribution in [1.82, 2.24) is 20.3 Å². The fourth-order valence-corrected chi connectivity index (χ4v) is 2.27. The molecule has 2 aromatic heterocycles. The number of nitrogens with one attached hydrogen (secondary N) is 2. The molecule has 0 aliphatic heterocycles. The lowest BCUT2D eigenvalue weighted by Gasteiger charge is -2.03. The van der Waals surface area contributed by atoms with Crippen molar-refractivity contribution in [3.05, 3.63) is 66.1 Å². The average Bonchev–Trinajstić information content (AvgIpc) is 3.02. The summed E-state index contributed by atoms with van der Waals surface area (Å²) in [5.74, 6) is 0.423. The minimum atomic E-state index is -0.211. The summed E-state index contributed by atoms with van der Waals surface area (Å²) in [6.07, 6.45) is 10.4. The Morgan fingerprint density at radius 1 is 1.43 bits per heavy atom. The van der Waals surface area contributed by atoms with E-state index in [-0.39, 0.29) is 5.91 Å². The molecular weight excluding hydrogens is 310 g/mol. The molecule has 6 nitrogen and oxygen atoms in total. The van der Waals surface area contributed by atoms with Gasteiger partial charge in [-0.25, -0.2) is 15.0 Å². The van der Waals surface area contributed by atoms with Gasteiger partial charge in [-0.2, -0.15) is 0 Å². The Kier molecular flexibility index (Phi) is 6.19. The second-order valence-corrected chi connectivity index (χ2v) is 5.43. The van der Waals surface area contributed by atoms with E-state index in [4.69, 9.17) is 0 Å². The van der Waals surface area contributed by atoms with Crippen molar-refractivity contribution in [3.8, 4) is 0 Å². The van der Waals surface area contributed by atoms with Crippen molar-refractivity contribution in [3.63, 3.8) is 0 Å². The van der Waals surface area contributed by atoms with E-state index < -0.39 is 0 Å². The zero-order valence-electron chi connectivity index (χ0n) is 12.7. The van der Waals surface area contributed by atoms with Crippen molar-refractivity contribution in [1.29, 1.82) is 0 Å². The van der Waals surface area contributed by atoms with Crippen LogP contribution >= 0.6 is 11.3 Å². The Morgan fingerprint density at radius 3 is 3.04 bits per heavy atom. The first-order valence-corrected chi connectivity index (χ1v) is 7.78. The fourth-order valence-electron chi connectivity index (χ4n) is 1.58. The average molecular weight is 327 g/mol. The van der Waals surface area contributed by atoms with E-state index in [2.05, 4.69) is 32.2 Å². The predicted octanol–water partition coefficient (Wildman–Crippen LogP) is 3.10. The topological polar surface area (TPSA) is 79.8 Å². The molecule has 23 heavy (non-hydrogen) atoms. The van der Waals surface area contributed by atoms with Gasteiger partial charge in [0.1, 0.15) is 17.8 Å². The number of amides is 1. The second kappa shape index (κ2) is 8.60. The van der Waals surface area contributed by atoms with Crippen LogP contribution in [0.3, 0.4) is 0 Å². The van der Waals surface area contributed by atoms with Crippen molar-refractivity contribution in [2.24, 2.45) is 0 Å². The summed E-state index contributed by atoms with van der Waals surface area (Å²) in [5, 5.41) is 8.16. The predicted molar refractivity (Wildman–Crippen MR) is 92.9 cm³/mol. The molecule has 0 aliphatic carbocycles. The summed E-state index contributed by atoms with van der Waals surface area (Å²) in [6.45, 7) is 6.00. The number of hydrogen-bond donors (Lipinski definition) is 2. The van der Waals surface area contributed by atoms with Crippen molar-refractivity contribution in [2.75, 3.05) is 11.9 Å². The molecule has 0 spiro atoms. The molecule has 1 amide bonds. The maximum Gasteiger partial charge on any atom is 0.271 e. The van der Waals surface area contributed by atoms with E-state index in [1.54, 1.807) is 23.7 Å². The monoisotopic (exact) mass is 327 g/mol. The van der Waals surface area contributed by atoms with Gasteiger partial charge in [0.2, 0.25) is 0 Å². The van der Waals surface area contributed by atoms with Crippen molar-refractivity contribution >= 4 is 28.2 Å². The summed E-state index contributed by atoms with van der Waals surface area (Å²) in [6, 6.07) is 1.73. The molecule has 0 aromatic carbocycles. The highest BCUT2D eigenvalue weighted by Crippen LogP contribution is 2.19. The third-order valence-corrected chi connectivity index (χ3v) is 3.47. The third-order valence-electron chi connectivity index (χ3n) is 2.71. The number of carbonyl (C=O) groups is 1. The van der Waals surface area contributed by atoms with Crippen molar-refractivity contribution < 1.29 is 4.79 Å². The van der Waals surface area contributed by atoms with E-state index >= 15 is 0 Å². The molecule has 118 valence electrons. The van der Waals surface area contributed by atoms with Crippen LogP contribution in [0.4, 0.5) is 10.9 Å². The lowest BCUT2D eigenvalue weighted by Crippen LogP contribution is -2.25. The smallest absolute Gasteiger partial charge is 0.271 e. The third kappa shape index (κ3) is 5.48. The Balaban J connectivity index is 1.90. The summed E-state index contributed by atoms with van der Waals surface area (Å²) in [4.78, 5) is 24.2. The molecular formula is C16H17N5OS. The van der Waals surface area contributed by atoms with Gasteiger partial charge in [0, 0.05) is 18.1 Å². The number of nitrogens with zero attached hydrogens (tertiary/aromatic N) is 3. The van der Waals surface area contributed by atoms with Gasteiger partial charge in [0.15, 0.2) is 5.13 Å². The maximum absolute atomic E-state index is 12.1. The Hall–Kier alpha value is -2.80. The second-order valence-electron chi connectivity index (χ2n) is 4.57. The van der Waals surface area contributed by atoms with Crippen LogP contribution in [0.15, 0.2) is 60.4 Å². The first-order valence-electron chi connectivity index (χ1n) is 6.90. The van der Waals surface area contributed by atoms with Gasteiger partial charge in [-0.05, 0) is 13.0 Å². The standard InChI is InChI=1S/C16H17N5OS/c1-3-4-5-6-12(2)9-18-15(22)13-10-23-16(20-13)21-14-7-8-17-11-19-14/h3-8,10-11H,1,9H2,2H3,(H,18,22)(H,17,19,20,21)/b5-4-,12-6+. The first kappa shape index (κ1) is 16.6.